The van der Waals surface area contributed by atoms with Crippen LogP contribution < -0.4 is 5.32 Å². The zero-order valence-electron chi connectivity index (χ0n) is 15.4. The first-order chi connectivity index (χ1) is 13.4. The van der Waals surface area contributed by atoms with E-state index in [1.807, 2.05) is 6.92 Å². The molecule has 2 N–H and O–H groups in total. The summed E-state index contributed by atoms with van der Waals surface area (Å²) >= 11 is 5.81. The second-order valence-electron chi connectivity index (χ2n) is 6.75. The van der Waals surface area contributed by atoms with E-state index in [4.69, 9.17) is 11.6 Å². The van der Waals surface area contributed by atoms with Crippen LogP contribution in [0.3, 0.4) is 0 Å². The van der Waals surface area contributed by atoms with Crippen molar-refractivity contribution in [3.63, 3.8) is 0 Å². The largest absolute Gasteiger partial charge is 0.335 e. The molecule has 0 spiro atoms. The number of anilines is 1. The van der Waals surface area contributed by atoms with Gasteiger partial charge in [-0.15, -0.1) is 0 Å². The van der Waals surface area contributed by atoms with Gasteiger partial charge in [0.1, 0.15) is 5.82 Å². The van der Waals surface area contributed by atoms with Crippen LogP contribution in [0.2, 0.25) is 5.02 Å². The zero-order chi connectivity index (χ0) is 20.3. The first-order valence-corrected chi connectivity index (χ1v) is 9.60. The van der Waals surface area contributed by atoms with Crippen molar-refractivity contribution in [1.29, 1.82) is 0 Å². The van der Waals surface area contributed by atoms with Gasteiger partial charge in [0.2, 0.25) is 0 Å². The molecule has 1 heterocycles. The van der Waals surface area contributed by atoms with E-state index in [1.54, 1.807) is 4.90 Å². The molecule has 9 heteroatoms. The highest BCUT2D eigenvalue weighted by atomic mass is 35.5. The van der Waals surface area contributed by atoms with E-state index < -0.39 is 17.5 Å². The van der Waals surface area contributed by atoms with E-state index in [-0.39, 0.29) is 34.0 Å². The summed E-state index contributed by atoms with van der Waals surface area (Å²) in [5, 5.41) is 8.79. The fraction of sp³-hybridized carbons (Fsp3) is 0.421. The Labute approximate surface area is 166 Å². The van der Waals surface area contributed by atoms with Crippen LogP contribution in [0.25, 0.3) is 0 Å². The third kappa shape index (κ3) is 4.32. The standard InChI is InChI=1S/C19H21ClF2N4O2/c1-2-26(11-6-4-3-5-7-11)19(28)16-10-17(25-24-16)23-18(27)12-8-14(21)15(22)9-13(12)20/h8-11H,2-7H2,1H3,(H2,23,24,25,27). The lowest BCUT2D eigenvalue weighted by Gasteiger charge is -2.33. The van der Waals surface area contributed by atoms with E-state index >= 15 is 0 Å². The lowest BCUT2D eigenvalue weighted by Crippen LogP contribution is -2.41. The van der Waals surface area contributed by atoms with Crippen molar-refractivity contribution in [1.82, 2.24) is 15.1 Å². The van der Waals surface area contributed by atoms with Gasteiger partial charge in [-0.05, 0) is 31.9 Å². The summed E-state index contributed by atoms with van der Waals surface area (Å²) in [5.74, 6) is -3.11. The number of rotatable bonds is 5. The lowest BCUT2D eigenvalue weighted by molar-refractivity contribution is 0.0641. The molecule has 0 aliphatic heterocycles. The fourth-order valence-electron chi connectivity index (χ4n) is 3.49. The second-order valence-corrected chi connectivity index (χ2v) is 7.16. The molecule has 0 saturated heterocycles. The first kappa shape index (κ1) is 20.3. The summed E-state index contributed by atoms with van der Waals surface area (Å²) < 4.78 is 26.5. The molecule has 1 aromatic carbocycles. The van der Waals surface area contributed by atoms with E-state index in [9.17, 15) is 18.4 Å². The van der Waals surface area contributed by atoms with Crippen LogP contribution in [0.15, 0.2) is 18.2 Å². The monoisotopic (exact) mass is 410 g/mol. The number of halogens is 3. The number of benzene rings is 1. The number of H-pyrrole nitrogens is 1. The summed E-state index contributed by atoms with van der Waals surface area (Å²) in [4.78, 5) is 26.9. The van der Waals surface area contributed by atoms with Gasteiger partial charge in [-0.1, -0.05) is 30.9 Å². The Kier molecular flexibility index (Phi) is 6.28. The lowest BCUT2D eigenvalue weighted by atomic mass is 9.94. The predicted molar refractivity (Wildman–Crippen MR) is 101 cm³/mol. The Balaban J connectivity index is 1.72. The van der Waals surface area contributed by atoms with Crippen LogP contribution in [0.4, 0.5) is 14.6 Å². The molecule has 0 atom stereocenters. The van der Waals surface area contributed by atoms with Crippen LogP contribution in [0, 0.1) is 11.6 Å². The Hall–Kier alpha value is -2.48. The first-order valence-electron chi connectivity index (χ1n) is 9.23. The van der Waals surface area contributed by atoms with Gasteiger partial charge in [-0.2, -0.15) is 5.10 Å². The number of hydrogen-bond donors (Lipinski definition) is 2. The van der Waals surface area contributed by atoms with E-state index in [0.29, 0.717) is 6.54 Å². The predicted octanol–water partition coefficient (Wildman–Crippen LogP) is 4.39. The maximum atomic E-state index is 13.4. The molecule has 1 saturated carbocycles. The fourth-order valence-corrected chi connectivity index (χ4v) is 3.73. The number of carbonyl (C=O) groups excluding carboxylic acids is 2. The Morgan fingerprint density at radius 2 is 1.89 bits per heavy atom. The number of carbonyl (C=O) groups is 2. The van der Waals surface area contributed by atoms with Gasteiger partial charge in [-0.25, -0.2) is 8.78 Å². The minimum absolute atomic E-state index is 0.161. The van der Waals surface area contributed by atoms with Crippen molar-refractivity contribution >= 4 is 29.2 Å². The Morgan fingerprint density at radius 3 is 2.57 bits per heavy atom. The molecular formula is C19H21ClF2N4O2. The van der Waals surface area contributed by atoms with Gasteiger partial charge in [0.15, 0.2) is 17.3 Å². The minimum Gasteiger partial charge on any atom is -0.335 e. The van der Waals surface area contributed by atoms with Crippen molar-refractivity contribution in [3.8, 4) is 0 Å². The van der Waals surface area contributed by atoms with Crippen molar-refractivity contribution in [2.45, 2.75) is 45.1 Å². The summed E-state index contributed by atoms with van der Waals surface area (Å²) in [6, 6.07) is 3.07. The number of nitrogens with one attached hydrogen (secondary N) is 2. The van der Waals surface area contributed by atoms with Crippen molar-refractivity contribution in [3.05, 3.63) is 46.1 Å². The minimum atomic E-state index is -1.18. The topological polar surface area (TPSA) is 78.1 Å². The van der Waals surface area contributed by atoms with Crippen LogP contribution in [0.1, 0.15) is 59.9 Å². The molecule has 2 aromatic rings. The van der Waals surface area contributed by atoms with Crippen molar-refractivity contribution in [2.75, 3.05) is 11.9 Å². The van der Waals surface area contributed by atoms with Crippen molar-refractivity contribution in [2.24, 2.45) is 0 Å². The molecule has 3 rings (SSSR count). The van der Waals surface area contributed by atoms with Crippen LogP contribution >= 0.6 is 11.6 Å². The highest BCUT2D eigenvalue weighted by Crippen LogP contribution is 2.24. The van der Waals surface area contributed by atoms with Crippen LogP contribution in [-0.2, 0) is 0 Å². The van der Waals surface area contributed by atoms with Crippen molar-refractivity contribution < 1.29 is 18.4 Å². The summed E-state index contributed by atoms with van der Waals surface area (Å²) in [6.07, 6.45) is 5.34. The molecular weight excluding hydrogens is 390 g/mol. The molecule has 150 valence electrons. The van der Waals surface area contributed by atoms with Gasteiger partial charge in [0.05, 0.1) is 10.6 Å². The molecule has 28 heavy (non-hydrogen) atoms. The SMILES string of the molecule is CCN(C(=O)c1cc(NC(=O)c2cc(F)c(F)cc2Cl)[nH]n1)C1CCCCC1. The number of aromatic nitrogens is 2. The average molecular weight is 411 g/mol. The Bertz CT molecular complexity index is 881. The normalized spacial score (nSPS) is 14.7. The molecule has 1 aliphatic carbocycles. The van der Waals surface area contributed by atoms with Crippen LogP contribution in [-0.4, -0.2) is 39.5 Å². The van der Waals surface area contributed by atoms with Gasteiger partial charge >= 0.3 is 0 Å². The third-order valence-corrected chi connectivity index (χ3v) is 5.23. The van der Waals surface area contributed by atoms with E-state index in [1.165, 1.54) is 12.5 Å². The highest BCUT2D eigenvalue weighted by molar-refractivity contribution is 6.34. The van der Waals surface area contributed by atoms with E-state index in [2.05, 4.69) is 15.5 Å². The molecule has 1 aromatic heterocycles. The number of nitrogens with zero attached hydrogens (tertiary/aromatic N) is 2. The highest BCUT2D eigenvalue weighted by Gasteiger charge is 2.26. The summed E-state index contributed by atoms with van der Waals surface area (Å²) in [7, 11) is 0. The maximum Gasteiger partial charge on any atom is 0.274 e. The molecule has 0 unspecified atom stereocenters. The van der Waals surface area contributed by atoms with E-state index in [0.717, 1.165) is 37.8 Å². The molecule has 6 nitrogen and oxygen atoms in total. The van der Waals surface area contributed by atoms with Gasteiger partial charge in [0.25, 0.3) is 11.8 Å². The molecule has 0 bridgehead atoms. The molecule has 1 aliphatic rings. The number of aromatic amines is 1. The smallest absolute Gasteiger partial charge is 0.274 e. The number of hydrogen-bond acceptors (Lipinski definition) is 3. The summed E-state index contributed by atoms with van der Waals surface area (Å²) in [5.41, 5.74) is -0.0421. The van der Waals surface area contributed by atoms with Gasteiger partial charge in [-0.3, -0.25) is 14.7 Å². The number of amides is 2. The van der Waals surface area contributed by atoms with Crippen LogP contribution in [0.5, 0.6) is 0 Å². The molecule has 0 radical (unpaired) electrons. The molecule has 1 fully saturated rings. The third-order valence-electron chi connectivity index (χ3n) is 4.92. The second kappa shape index (κ2) is 8.68. The average Bonchev–Trinajstić information content (AvgIpc) is 3.14. The van der Waals surface area contributed by atoms with Gasteiger partial charge < -0.3 is 10.2 Å². The quantitative estimate of drug-likeness (QED) is 0.717. The Morgan fingerprint density at radius 1 is 1.21 bits per heavy atom. The van der Waals surface area contributed by atoms with Gasteiger partial charge in [0, 0.05) is 18.7 Å². The molecule has 2 amide bonds. The maximum absolute atomic E-state index is 13.4. The summed E-state index contributed by atoms with van der Waals surface area (Å²) in [6.45, 7) is 2.50. The zero-order valence-corrected chi connectivity index (χ0v) is 16.2.